The largest absolute Gasteiger partial charge is 0.311 e. The molecule has 0 N–H and O–H groups in total. The molecule has 2 heterocycles. The van der Waals surface area contributed by atoms with E-state index in [9.17, 15) is 4.79 Å². The number of rotatable bonds is 4. The summed E-state index contributed by atoms with van der Waals surface area (Å²) < 4.78 is 1.13. The number of halogens is 1. The first-order valence-electron chi connectivity index (χ1n) is 7.43. The molecule has 1 amide bonds. The van der Waals surface area contributed by atoms with Crippen LogP contribution >= 0.6 is 27.3 Å². The maximum Gasteiger partial charge on any atom is 0.241 e. The van der Waals surface area contributed by atoms with Gasteiger partial charge in [-0.15, -0.1) is 11.3 Å². The molecular formula is C17H19BrN2OS. The standard InChI is InChI=1S/C17H19BrN2OS/c1-19(10-13-9-16(18)22-12-13)11-17(21)20-8-4-6-14-5-2-3-7-15(14)20/h2-3,5,7,9,12H,4,6,8,10-11H2,1H3. The quantitative estimate of drug-likeness (QED) is 0.804. The fourth-order valence-electron chi connectivity index (χ4n) is 2.91. The third-order valence-electron chi connectivity index (χ3n) is 3.89. The third-order valence-corrected chi connectivity index (χ3v) is 5.44. The Hall–Kier alpha value is -1.17. The van der Waals surface area contributed by atoms with Crippen molar-refractivity contribution in [1.82, 2.24) is 4.90 Å². The Bertz CT molecular complexity index is 670. The van der Waals surface area contributed by atoms with Gasteiger partial charge in [0, 0.05) is 18.8 Å². The fraction of sp³-hybridized carbons (Fsp3) is 0.353. The van der Waals surface area contributed by atoms with Crippen molar-refractivity contribution in [1.29, 1.82) is 0 Å². The zero-order chi connectivity index (χ0) is 15.5. The number of anilines is 1. The molecule has 0 radical (unpaired) electrons. The minimum atomic E-state index is 0.184. The Morgan fingerprint density at radius 3 is 3.00 bits per heavy atom. The summed E-state index contributed by atoms with van der Waals surface area (Å²) in [7, 11) is 2.00. The van der Waals surface area contributed by atoms with Gasteiger partial charge < -0.3 is 4.90 Å². The number of thiophene rings is 1. The Kier molecular flexibility index (Phi) is 4.96. The van der Waals surface area contributed by atoms with Crippen LogP contribution in [-0.4, -0.2) is 30.9 Å². The molecule has 0 atom stereocenters. The molecule has 0 bridgehead atoms. The minimum absolute atomic E-state index is 0.184. The number of hydrogen-bond donors (Lipinski definition) is 0. The van der Waals surface area contributed by atoms with Gasteiger partial charge in [-0.25, -0.2) is 0 Å². The first kappa shape index (κ1) is 15.7. The highest BCUT2D eigenvalue weighted by Crippen LogP contribution is 2.27. The summed E-state index contributed by atoms with van der Waals surface area (Å²) in [6, 6.07) is 10.4. The van der Waals surface area contributed by atoms with Crippen LogP contribution in [0.3, 0.4) is 0 Å². The molecule has 0 unspecified atom stereocenters. The summed E-state index contributed by atoms with van der Waals surface area (Å²) >= 11 is 5.16. The Balaban J connectivity index is 1.65. The molecule has 0 saturated carbocycles. The van der Waals surface area contributed by atoms with Crippen LogP contribution in [0.25, 0.3) is 0 Å². The molecular weight excluding hydrogens is 360 g/mol. The Morgan fingerprint density at radius 2 is 2.23 bits per heavy atom. The molecule has 116 valence electrons. The zero-order valence-corrected chi connectivity index (χ0v) is 15.0. The summed E-state index contributed by atoms with van der Waals surface area (Å²) in [5.41, 5.74) is 3.61. The minimum Gasteiger partial charge on any atom is -0.311 e. The normalized spacial score (nSPS) is 14.2. The van der Waals surface area contributed by atoms with Gasteiger partial charge in [0.25, 0.3) is 0 Å². The molecule has 1 aromatic heterocycles. The van der Waals surface area contributed by atoms with Crippen LogP contribution < -0.4 is 4.90 Å². The summed E-state index contributed by atoms with van der Waals surface area (Å²) in [4.78, 5) is 16.7. The van der Waals surface area contributed by atoms with E-state index in [4.69, 9.17) is 0 Å². The molecule has 3 nitrogen and oxygen atoms in total. The molecule has 1 aliphatic rings. The number of fused-ring (bicyclic) bond motifs is 1. The predicted octanol–water partition coefficient (Wildman–Crippen LogP) is 3.92. The van der Waals surface area contributed by atoms with Crippen LogP contribution in [0, 0.1) is 0 Å². The topological polar surface area (TPSA) is 23.6 Å². The maximum absolute atomic E-state index is 12.6. The molecule has 3 rings (SSSR count). The van der Waals surface area contributed by atoms with Gasteiger partial charge in [0.15, 0.2) is 0 Å². The monoisotopic (exact) mass is 378 g/mol. The van der Waals surface area contributed by atoms with Crippen LogP contribution in [0.4, 0.5) is 5.69 Å². The first-order valence-corrected chi connectivity index (χ1v) is 9.10. The second kappa shape index (κ2) is 6.94. The summed E-state index contributed by atoms with van der Waals surface area (Å²) in [6.45, 7) is 2.07. The van der Waals surface area contributed by atoms with Gasteiger partial charge in [-0.1, -0.05) is 18.2 Å². The molecule has 5 heteroatoms. The van der Waals surface area contributed by atoms with Gasteiger partial charge >= 0.3 is 0 Å². The average Bonchev–Trinajstić information content (AvgIpc) is 2.91. The van der Waals surface area contributed by atoms with Gasteiger partial charge in [-0.05, 0) is 64.5 Å². The summed E-state index contributed by atoms with van der Waals surface area (Å²) in [6.07, 6.45) is 2.11. The van der Waals surface area contributed by atoms with Crippen molar-refractivity contribution >= 4 is 38.9 Å². The highest BCUT2D eigenvalue weighted by molar-refractivity contribution is 9.11. The lowest BCUT2D eigenvalue weighted by atomic mass is 10.0. The number of carbonyl (C=O) groups is 1. The van der Waals surface area contributed by atoms with E-state index in [0.717, 1.165) is 35.4 Å². The number of carbonyl (C=O) groups excluding carboxylic acids is 1. The van der Waals surface area contributed by atoms with E-state index in [2.05, 4.69) is 44.4 Å². The Labute approximate surface area is 143 Å². The average molecular weight is 379 g/mol. The number of nitrogens with zero attached hydrogens (tertiary/aromatic N) is 2. The molecule has 22 heavy (non-hydrogen) atoms. The second-order valence-corrected chi connectivity index (χ2v) is 8.00. The molecule has 0 spiro atoms. The number of aryl methyl sites for hydroxylation is 1. The van der Waals surface area contributed by atoms with Crippen molar-refractivity contribution in [3.63, 3.8) is 0 Å². The highest BCUT2D eigenvalue weighted by Gasteiger charge is 2.22. The fourth-order valence-corrected chi connectivity index (χ4v) is 4.11. The van der Waals surface area contributed by atoms with Crippen LogP contribution in [0.1, 0.15) is 17.5 Å². The molecule has 0 saturated heterocycles. The van der Waals surface area contributed by atoms with Crippen molar-refractivity contribution in [2.75, 3.05) is 25.0 Å². The van der Waals surface area contributed by atoms with E-state index in [1.54, 1.807) is 11.3 Å². The number of amides is 1. The van der Waals surface area contributed by atoms with Crippen molar-refractivity contribution in [2.24, 2.45) is 0 Å². The third kappa shape index (κ3) is 3.59. The van der Waals surface area contributed by atoms with Crippen LogP contribution in [0.2, 0.25) is 0 Å². The van der Waals surface area contributed by atoms with Crippen LogP contribution in [0.5, 0.6) is 0 Å². The van der Waals surface area contributed by atoms with E-state index in [-0.39, 0.29) is 5.91 Å². The maximum atomic E-state index is 12.6. The Morgan fingerprint density at radius 1 is 1.41 bits per heavy atom. The molecule has 0 aliphatic carbocycles. The number of para-hydroxylation sites is 1. The van der Waals surface area contributed by atoms with E-state index in [0.29, 0.717) is 6.54 Å². The molecule has 2 aromatic rings. The van der Waals surface area contributed by atoms with Gasteiger partial charge in [0.05, 0.1) is 10.3 Å². The molecule has 1 aliphatic heterocycles. The number of likely N-dealkylation sites (N-methyl/N-ethyl adjacent to an activating group) is 1. The predicted molar refractivity (Wildman–Crippen MR) is 95.5 cm³/mol. The summed E-state index contributed by atoms with van der Waals surface area (Å²) in [5, 5.41) is 2.13. The highest BCUT2D eigenvalue weighted by atomic mass is 79.9. The van der Waals surface area contributed by atoms with E-state index >= 15 is 0 Å². The van der Waals surface area contributed by atoms with Gasteiger partial charge in [0.1, 0.15) is 0 Å². The van der Waals surface area contributed by atoms with Gasteiger partial charge in [-0.2, -0.15) is 0 Å². The van der Waals surface area contributed by atoms with Crippen LogP contribution in [-0.2, 0) is 17.8 Å². The van der Waals surface area contributed by atoms with E-state index in [1.165, 1.54) is 11.1 Å². The lowest BCUT2D eigenvalue weighted by molar-refractivity contribution is -0.119. The lowest BCUT2D eigenvalue weighted by Gasteiger charge is -2.30. The van der Waals surface area contributed by atoms with Crippen molar-refractivity contribution in [2.45, 2.75) is 19.4 Å². The second-order valence-electron chi connectivity index (χ2n) is 5.71. The van der Waals surface area contributed by atoms with Crippen molar-refractivity contribution < 1.29 is 4.79 Å². The lowest BCUT2D eigenvalue weighted by Crippen LogP contribution is -2.41. The van der Waals surface area contributed by atoms with Gasteiger partial charge in [0.2, 0.25) is 5.91 Å². The molecule has 0 fully saturated rings. The van der Waals surface area contributed by atoms with Crippen molar-refractivity contribution in [3.8, 4) is 0 Å². The van der Waals surface area contributed by atoms with E-state index in [1.807, 2.05) is 24.1 Å². The van der Waals surface area contributed by atoms with E-state index < -0.39 is 0 Å². The first-order chi connectivity index (χ1) is 10.6. The van der Waals surface area contributed by atoms with Gasteiger partial charge in [-0.3, -0.25) is 9.69 Å². The van der Waals surface area contributed by atoms with Crippen LogP contribution in [0.15, 0.2) is 39.5 Å². The number of hydrogen-bond acceptors (Lipinski definition) is 3. The number of benzene rings is 1. The zero-order valence-electron chi connectivity index (χ0n) is 12.6. The smallest absolute Gasteiger partial charge is 0.241 e. The van der Waals surface area contributed by atoms with Crippen molar-refractivity contribution in [3.05, 3.63) is 50.6 Å². The SMILES string of the molecule is CN(CC(=O)N1CCCc2ccccc21)Cc1csc(Br)c1. The summed E-state index contributed by atoms with van der Waals surface area (Å²) in [5.74, 6) is 0.184. The molecule has 1 aromatic carbocycles.